The second-order valence-corrected chi connectivity index (χ2v) is 5.21. The monoisotopic (exact) mass is 319 g/mol. The lowest BCUT2D eigenvalue weighted by molar-refractivity contribution is -0.144. The standard InChI is InChI=1S/C16H11Cl2NO2/c17-14-5-4-11(7-15(14)18)8-16(20)21-10-13-3-1-2-12(6-13)9-19/h1-7H,8,10H2. The Morgan fingerprint density at radius 1 is 1.10 bits per heavy atom. The van der Waals surface area contributed by atoms with Crippen LogP contribution in [0.3, 0.4) is 0 Å². The molecule has 0 unspecified atom stereocenters. The molecule has 0 spiro atoms. The van der Waals surface area contributed by atoms with E-state index in [-0.39, 0.29) is 19.0 Å². The van der Waals surface area contributed by atoms with Gasteiger partial charge in [0.1, 0.15) is 6.61 Å². The zero-order chi connectivity index (χ0) is 15.2. The van der Waals surface area contributed by atoms with Crippen LogP contribution in [0.4, 0.5) is 0 Å². The molecular weight excluding hydrogens is 309 g/mol. The number of esters is 1. The van der Waals surface area contributed by atoms with Crippen molar-refractivity contribution in [3.63, 3.8) is 0 Å². The second kappa shape index (κ2) is 7.12. The first kappa shape index (κ1) is 15.4. The lowest BCUT2D eigenvalue weighted by Crippen LogP contribution is -2.08. The third-order valence-electron chi connectivity index (χ3n) is 2.79. The molecule has 5 heteroatoms. The van der Waals surface area contributed by atoms with Crippen LogP contribution in [0.1, 0.15) is 16.7 Å². The summed E-state index contributed by atoms with van der Waals surface area (Å²) in [4.78, 5) is 11.8. The Kier molecular flexibility index (Phi) is 5.21. The Hall–Kier alpha value is -2.02. The third kappa shape index (κ3) is 4.49. The van der Waals surface area contributed by atoms with E-state index >= 15 is 0 Å². The molecule has 0 saturated heterocycles. The topological polar surface area (TPSA) is 50.1 Å². The molecule has 2 aromatic carbocycles. The van der Waals surface area contributed by atoms with Crippen LogP contribution in [-0.4, -0.2) is 5.97 Å². The fourth-order valence-corrected chi connectivity index (χ4v) is 2.08. The maximum absolute atomic E-state index is 11.8. The van der Waals surface area contributed by atoms with Crippen molar-refractivity contribution in [1.82, 2.24) is 0 Å². The first-order valence-corrected chi connectivity index (χ1v) is 6.92. The molecule has 0 fully saturated rings. The van der Waals surface area contributed by atoms with Gasteiger partial charge in [0.2, 0.25) is 0 Å². The first-order chi connectivity index (χ1) is 10.1. The van der Waals surface area contributed by atoms with Gasteiger partial charge in [-0.25, -0.2) is 0 Å². The molecule has 0 atom stereocenters. The minimum absolute atomic E-state index is 0.120. The van der Waals surface area contributed by atoms with Gasteiger partial charge in [-0.2, -0.15) is 5.26 Å². The number of ether oxygens (including phenoxy) is 1. The van der Waals surface area contributed by atoms with E-state index in [0.717, 1.165) is 11.1 Å². The number of carbonyl (C=O) groups excluding carboxylic acids is 1. The van der Waals surface area contributed by atoms with Crippen LogP contribution in [-0.2, 0) is 22.6 Å². The number of rotatable bonds is 4. The van der Waals surface area contributed by atoms with Crippen molar-refractivity contribution in [1.29, 1.82) is 5.26 Å². The van der Waals surface area contributed by atoms with Gasteiger partial charge in [0.15, 0.2) is 0 Å². The van der Waals surface area contributed by atoms with Crippen LogP contribution < -0.4 is 0 Å². The summed E-state index contributed by atoms with van der Waals surface area (Å²) < 4.78 is 5.18. The van der Waals surface area contributed by atoms with Crippen molar-refractivity contribution in [2.24, 2.45) is 0 Å². The molecule has 106 valence electrons. The summed E-state index contributed by atoms with van der Waals surface area (Å²) in [6.45, 7) is 0.135. The van der Waals surface area contributed by atoms with E-state index in [1.165, 1.54) is 0 Å². The predicted octanol–water partition coefficient (Wildman–Crippen LogP) is 4.15. The smallest absolute Gasteiger partial charge is 0.310 e. The number of hydrogen-bond donors (Lipinski definition) is 0. The Labute approximate surface area is 132 Å². The van der Waals surface area contributed by atoms with Gasteiger partial charge in [-0.15, -0.1) is 0 Å². The number of nitrogens with zero attached hydrogens (tertiary/aromatic N) is 1. The summed E-state index contributed by atoms with van der Waals surface area (Å²) in [5.41, 5.74) is 2.05. The molecular formula is C16H11Cl2NO2. The fraction of sp³-hybridized carbons (Fsp3) is 0.125. The minimum atomic E-state index is -0.365. The average molecular weight is 320 g/mol. The van der Waals surface area contributed by atoms with Crippen LogP contribution >= 0.6 is 23.2 Å². The maximum Gasteiger partial charge on any atom is 0.310 e. The maximum atomic E-state index is 11.8. The molecule has 0 N–H and O–H groups in total. The number of halogens is 2. The van der Waals surface area contributed by atoms with Gasteiger partial charge in [0.05, 0.1) is 28.1 Å². The molecule has 21 heavy (non-hydrogen) atoms. The van der Waals surface area contributed by atoms with Gasteiger partial charge in [-0.3, -0.25) is 4.79 Å². The Bertz CT molecular complexity index is 708. The summed E-state index contributed by atoms with van der Waals surface area (Å²) >= 11 is 11.7. The number of benzene rings is 2. The summed E-state index contributed by atoms with van der Waals surface area (Å²) in [6.07, 6.45) is 0.120. The van der Waals surface area contributed by atoms with Gasteiger partial charge in [-0.05, 0) is 35.4 Å². The molecule has 2 aromatic rings. The Balaban J connectivity index is 1.92. The fourth-order valence-electron chi connectivity index (χ4n) is 1.76. The molecule has 0 heterocycles. The quantitative estimate of drug-likeness (QED) is 0.795. The molecule has 0 bridgehead atoms. The van der Waals surface area contributed by atoms with Crippen LogP contribution in [0.25, 0.3) is 0 Å². The van der Waals surface area contributed by atoms with Gasteiger partial charge in [0, 0.05) is 0 Å². The number of hydrogen-bond acceptors (Lipinski definition) is 3. The van der Waals surface area contributed by atoms with E-state index in [1.807, 2.05) is 6.07 Å². The minimum Gasteiger partial charge on any atom is -0.461 e. The van der Waals surface area contributed by atoms with E-state index in [9.17, 15) is 4.79 Å². The predicted molar refractivity (Wildman–Crippen MR) is 81.1 cm³/mol. The van der Waals surface area contributed by atoms with Crippen LogP contribution in [0.15, 0.2) is 42.5 Å². The third-order valence-corrected chi connectivity index (χ3v) is 3.53. The molecule has 0 radical (unpaired) electrons. The lowest BCUT2D eigenvalue weighted by atomic mass is 10.1. The van der Waals surface area contributed by atoms with E-state index in [4.69, 9.17) is 33.2 Å². The van der Waals surface area contributed by atoms with Crippen LogP contribution in [0.2, 0.25) is 10.0 Å². The van der Waals surface area contributed by atoms with Crippen molar-refractivity contribution >= 4 is 29.2 Å². The molecule has 0 amide bonds. The summed E-state index contributed by atoms with van der Waals surface area (Å²) in [5, 5.41) is 9.65. The SMILES string of the molecule is N#Cc1cccc(COC(=O)Cc2ccc(Cl)c(Cl)c2)c1. The highest BCUT2D eigenvalue weighted by Crippen LogP contribution is 2.22. The van der Waals surface area contributed by atoms with E-state index < -0.39 is 0 Å². The zero-order valence-corrected chi connectivity index (χ0v) is 12.5. The molecule has 0 aliphatic heterocycles. The van der Waals surface area contributed by atoms with Gasteiger partial charge in [-0.1, -0.05) is 41.4 Å². The van der Waals surface area contributed by atoms with Gasteiger partial charge >= 0.3 is 5.97 Å². The highest BCUT2D eigenvalue weighted by Gasteiger charge is 2.07. The normalized spacial score (nSPS) is 9.95. The molecule has 2 rings (SSSR count). The summed E-state index contributed by atoms with van der Waals surface area (Å²) in [5.74, 6) is -0.365. The molecule has 0 aliphatic rings. The van der Waals surface area contributed by atoms with Crippen molar-refractivity contribution < 1.29 is 9.53 Å². The molecule has 0 aromatic heterocycles. The zero-order valence-electron chi connectivity index (χ0n) is 11.0. The number of nitriles is 1. The number of carbonyl (C=O) groups is 1. The summed E-state index contributed by atoms with van der Waals surface area (Å²) in [6, 6.07) is 14.0. The van der Waals surface area contributed by atoms with Crippen LogP contribution in [0, 0.1) is 11.3 Å². The van der Waals surface area contributed by atoms with E-state index in [1.54, 1.807) is 42.5 Å². The van der Waals surface area contributed by atoms with Crippen molar-refractivity contribution in [3.05, 3.63) is 69.2 Å². The molecule has 0 aliphatic carbocycles. The second-order valence-electron chi connectivity index (χ2n) is 4.40. The highest BCUT2D eigenvalue weighted by molar-refractivity contribution is 6.42. The highest BCUT2D eigenvalue weighted by atomic mass is 35.5. The van der Waals surface area contributed by atoms with E-state index in [0.29, 0.717) is 15.6 Å². The Morgan fingerprint density at radius 3 is 2.62 bits per heavy atom. The largest absolute Gasteiger partial charge is 0.461 e. The lowest BCUT2D eigenvalue weighted by Gasteiger charge is -2.06. The first-order valence-electron chi connectivity index (χ1n) is 6.17. The molecule has 3 nitrogen and oxygen atoms in total. The van der Waals surface area contributed by atoms with Crippen molar-refractivity contribution in [2.75, 3.05) is 0 Å². The van der Waals surface area contributed by atoms with Crippen molar-refractivity contribution in [3.8, 4) is 6.07 Å². The van der Waals surface area contributed by atoms with Crippen LogP contribution in [0.5, 0.6) is 0 Å². The summed E-state index contributed by atoms with van der Waals surface area (Å²) in [7, 11) is 0. The Morgan fingerprint density at radius 2 is 1.90 bits per heavy atom. The van der Waals surface area contributed by atoms with Gasteiger partial charge in [0.25, 0.3) is 0 Å². The van der Waals surface area contributed by atoms with E-state index in [2.05, 4.69) is 0 Å². The average Bonchev–Trinajstić information content (AvgIpc) is 2.49. The van der Waals surface area contributed by atoms with Crippen molar-refractivity contribution in [2.45, 2.75) is 13.0 Å². The van der Waals surface area contributed by atoms with Gasteiger partial charge < -0.3 is 4.74 Å². The molecule has 0 saturated carbocycles.